The highest BCUT2D eigenvalue weighted by molar-refractivity contribution is 7.89. The molecule has 1 unspecified atom stereocenters. The van der Waals surface area contributed by atoms with Gasteiger partial charge in [-0.25, -0.2) is 13.4 Å². The molecule has 1 aliphatic carbocycles. The second-order valence-corrected chi connectivity index (χ2v) is 20.6. The number of likely N-dealkylation sites (tertiary alicyclic amines) is 1. The third kappa shape index (κ3) is 8.67. The summed E-state index contributed by atoms with van der Waals surface area (Å²) < 4.78 is 24.3. The average molecular weight is 959 g/mol. The zero-order chi connectivity index (χ0) is 47.5. The maximum absolute atomic E-state index is 14.1. The fourth-order valence-corrected chi connectivity index (χ4v) is 10.7. The van der Waals surface area contributed by atoms with Crippen molar-refractivity contribution in [3.05, 3.63) is 107 Å². The highest BCUT2D eigenvalue weighted by Gasteiger charge is 2.56. The molecule has 0 spiro atoms. The van der Waals surface area contributed by atoms with Gasteiger partial charge in [-0.15, -0.1) is 11.3 Å². The molecule has 68 heavy (non-hydrogen) atoms. The number of carbonyl (C=O) groups is 7. The van der Waals surface area contributed by atoms with Crippen LogP contribution in [0.4, 0.5) is 10.8 Å². The first-order valence-corrected chi connectivity index (χ1v) is 25.0. The van der Waals surface area contributed by atoms with Crippen molar-refractivity contribution in [3.8, 4) is 22.4 Å². The molecule has 1 saturated carbocycles. The van der Waals surface area contributed by atoms with Gasteiger partial charge in [0.05, 0.1) is 46.3 Å². The number of anilines is 2. The van der Waals surface area contributed by atoms with Gasteiger partial charge in [0.1, 0.15) is 6.04 Å². The molecule has 0 bridgehead atoms. The van der Waals surface area contributed by atoms with Gasteiger partial charge in [0.2, 0.25) is 33.7 Å². The SMILES string of the molecule is CS(=O)(=O)n1ccc(C(=O)NCC(=O)Nc2nc(-c3cccc(-c4ccnc(C5(C(=O)N6CC(CN7CCN(c8ccc9c(c8)C(=O)N(C8CCC(=O)NC8=O)C9=O)CC7)C6)CC5)c4)c3)cs2)c1. The Labute approximate surface area is 394 Å². The molecule has 4 aliphatic heterocycles. The summed E-state index contributed by atoms with van der Waals surface area (Å²) in [7, 11) is -3.54. The van der Waals surface area contributed by atoms with Crippen LogP contribution in [0.1, 0.15) is 62.5 Å². The standard InChI is InChI=1S/C47H46N10O9S2/c1-68(65,66)56-14-10-32(26-56)41(60)49-22-40(59)52-46-50-36(27-67-46)31-4-2-3-29(19-31)30-9-13-48-38(20-30)47(11-12-47)45(64)55-24-28(25-55)23-53-15-17-54(18-16-53)33-5-6-34-35(21-33)44(63)57(43(34)62)37-7-8-39(58)51-42(37)61/h2-6,9-10,13-14,19-21,26-28,37H,7-8,11-12,15-18,22-25H2,1H3,(H,49,60)(H,50,52,59)(H,51,58,61). The van der Waals surface area contributed by atoms with Crippen molar-refractivity contribution in [1.29, 1.82) is 0 Å². The first kappa shape index (κ1) is 44.7. The third-order valence-corrected chi connectivity index (χ3v) is 15.0. The van der Waals surface area contributed by atoms with Gasteiger partial charge in [0.25, 0.3) is 17.7 Å². The van der Waals surface area contributed by atoms with E-state index in [2.05, 4.69) is 30.7 Å². The number of fused-ring (bicyclic) bond motifs is 1. The van der Waals surface area contributed by atoms with E-state index in [-0.39, 0.29) is 42.0 Å². The van der Waals surface area contributed by atoms with E-state index in [4.69, 9.17) is 4.98 Å². The van der Waals surface area contributed by atoms with Gasteiger partial charge in [0, 0.05) is 93.4 Å². The first-order valence-electron chi connectivity index (χ1n) is 22.3. The number of aromatic nitrogens is 3. The molecule has 1 atom stereocenters. The van der Waals surface area contributed by atoms with Crippen LogP contribution < -0.4 is 20.9 Å². The maximum Gasteiger partial charge on any atom is 0.262 e. The van der Waals surface area contributed by atoms with E-state index < -0.39 is 56.9 Å². The van der Waals surface area contributed by atoms with E-state index in [1.54, 1.807) is 18.3 Å². The molecular formula is C47H46N10O9S2. The number of nitrogens with one attached hydrogen (secondary N) is 3. The predicted octanol–water partition coefficient (Wildman–Crippen LogP) is 2.56. The summed E-state index contributed by atoms with van der Waals surface area (Å²) >= 11 is 1.24. The number of rotatable bonds is 13. The molecule has 3 saturated heterocycles. The Balaban J connectivity index is 0.700. The molecule has 2 aromatic carbocycles. The van der Waals surface area contributed by atoms with Crippen molar-refractivity contribution in [2.45, 2.75) is 37.1 Å². The smallest absolute Gasteiger partial charge is 0.262 e. The van der Waals surface area contributed by atoms with Crippen LogP contribution in [0, 0.1) is 5.92 Å². The predicted molar refractivity (Wildman–Crippen MR) is 249 cm³/mol. The summed E-state index contributed by atoms with van der Waals surface area (Å²) in [5, 5.41) is 9.58. The Bertz CT molecular complexity index is 3040. The number of benzene rings is 2. The fraction of sp³-hybridized carbons (Fsp3) is 0.340. The van der Waals surface area contributed by atoms with Crippen LogP contribution in [-0.4, -0.2) is 143 Å². The number of pyridine rings is 1. The summed E-state index contributed by atoms with van der Waals surface area (Å²) in [5.41, 5.74) is 4.87. The van der Waals surface area contributed by atoms with Gasteiger partial charge < -0.3 is 20.4 Å². The van der Waals surface area contributed by atoms with Gasteiger partial charge >= 0.3 is 0 Å². The molecule has 5 aliphatic rings. The number of piperazine rings is 1. The molecule has 3 aromatic heterocycles. The zero-order valence-corrected chi connectivity index (χ0v) is 38.5. The number of amides is 7. The molecule has 7 amide bonds. The minimum Gasteiger partial charge on any atom is -0.369 e. The Morgan fingerprint density at radius 3 is 2.38 bits per heavy atom. The Kier molecular flexibility index (Phi) is 11.5. The Morgan fingerprint density at radius 2 is 1.65 bits per heavy atom. The highest BCUT2D eigenvalue weighted by atomic mass is 32.2. The van der Waals surface area contributed by atoms with Crippen LogP contribution in [0.5, 0.6) is 0 Å². The summed E-state index contributed by atoms with van der Waals surface area (Å²) in [6, 6.07) is 17.3. The Hall–Kier alpha value is -7.10. The van der Waals surface area contributed by atoms with Gasteiger partial charge in [-0.1, -0.05) is 18.2 Å². The molecule has 7 heterocycles. The van der Waals surface area contributed by atoms with E-state index in [1.807, 2.05) is 52.7 Å². The lowest BCUT2D eigenvalue weighted by Gasteiger charge is -2.45. The molecular weight excluding hydrogens is 913 g/mol. The monoisotopic (exact) mass is 958 g/mol. The number of imide groups is 2. The molecule has 3 N–H and O–H groups in total. The molecule has 4 fully saturated rings. The van der Waals surface area contributed by atoms with Gasteiger partial charge in [0.15, 0.2) is 5.13 Å². The summed E-state index contributed by atoms with van der Waals surface area (Å²) in [5.74, 6) is -2.71. The average Bonchev–Trinajstić information content (AvgIpc) is 3.59. The minimum absolute atomic E-state index is 0.0667. The van der Waals surface area contributed by atoms with Crippen molar-refractivity contribution in [1.82, 2.24) is 39.3 Å². The van der Waals surface area contributed by atoms with Crippen molar-refractivity contribution in [3.63, 3.8) is 0 Å². The first-order chi connectivity index (χ1) is 32.6. The topological polar surface area (TPSA) is 233 Å². The number of hydrogen-bond donors (Lipinski definition) is 3. The number of piperidine rings is 1. The van der Waals surface area contributed by atoms with Crippen LogP contribution in [-0.2, 0) is 34.6 Å². The van der Waals surface area contributed by atoms with Crippen LogP contribution in [0.15, 0.2) is 84.6 Å². The quantitative estimate of drug-likeness (QED) is 0.144. The third-order valence-electron chi connectivity index (χ3n) is 13.3. The second-order valence-electron chi connectivity index (χ2n) is 17.9. The summed E-state index contributed by atoms with van der Waals surface area (Å²) in [4.78, 5) is 107. The van der Waals surface area contributed by atoms with Gasteiger partial charge in [-0.3, -0.25) is 57.6 Å². The van der Waals surface area contributed by atoms with Crippen LogP contribution in [0.2, 0.25) is 0 Å². The summed E-state index contributed by atoms with van der Waals surface area (Å²) in [6.07, 6.45) is 6.84. The van der Waals surface area contributed by atoms with E-state index in [9.17, 15) is 42.0 Å². The molecule has 10 rings (SSSR count). The molecule has 350 valence electrons. The van der Waals surface area contributed by atoms with E-state index in [0.29, 0.717) is 29.8 Å². The van der Waals surface area contributed by atoms with Crippen LogP contribution >= 0.6 is 11.3 Å². The molecule has 0 radical (unpaired) electrons. The van der Waals surface area contributed by atoms with Gasteiger partial charge in [-0.05, 0) is 72.9 Å². The maximum atomic E-state index is 14.1. The molecule has 19 nitrogen and oxygen atoms in total. The fourth-order valence-electron chi connectivity index (χ4n) is 9.41. The van der Waals surface area contributed by atoms with Gasteiger partial charge in [-0.2, -0.15) is 0 Å². The normalized spacial score (nSPS) is 19.4. The second kappa shape index (κ2) is 17.5. The van der Waals surface area contributed by atoms with E-state index >= 15 is 0 Å². The van der Waals surface area contributed by atoms with Crippen molar-refractivity contribution < 1.29 is 42.0 Å². The number of thiazole rings is 1. The van der Waals surface area contributed by atoms with E-state index in [1.165, 1.54) is 29.8 Å². The lowest BCUT2D eigenvalue weighted by atomic mass is 9.91. The summed E-state index contributed by atoms with van der Waals surface area (Å²) in [6.45, 7) is 4.94. The lowest BCUT2D eigenvalue weighted by Crippen LogP contribution is -2.58. The number of hydrogen-bond acceptors (Lipinski definition) is 14. The van der Waals surface area contributed by atoms with Crippen LogP contribution in [0.3, 0.4) is 0 Å². The van der Waals surface area contributed by atoms with E-state index in [0.717, 1.165) is 88.8 Å². The number of nitrogens with zero attached hydrogens (tertiary/aromatic N) is 7. The molecule has 5 aromatic rings. The zero-order valence-electron chi connectivity index (χ0n) is 36.8. The lowest BCUT2D eigenvalue weighted by molar-refractivity contribution is -0.141. The van der Waals surface area contributed by atoms with Crippen molar-refractivity contribution in [2.75, 3.05) is 68.8 Å². The molecule has 21 heteroatoms. The van der Waals surface area contributed by atoms with Crippen molar-refractivity contribution >= 4 is 73.5 Å². The number of carbonyl (C=O) groups excluding carboxylic acids is 7. The van der Waals surface area contributed by atoms with Crippen molar-refractivity contribution in [2.24, 2.45) is 5.92 Å². The Morgan fingerprint density at radius 1 is 0.897 bits per heavy atom. The highest BCUT2D eigenvalue weighted by Crippen LogP contribution is 2.50. The minimum atomic E-state index is -3.54. The largest absolute Gasteiger partial charge is 0.369 e. The van der Waals surface area contributed by atoms with Crippen LogP contribution in [0.25, 0.3) is 22.4 Å².